The molecule has 0 heterocycles. The zero-order chi connectivity index (χ0) is 17.7. The molecule has 4 fully saturated rings. The van der Waals surface area contributed by atoms with Crippen LogP contribution in [0, 0.1) is 17.8 Å². The van der Waals surface area contributed by atoms with Crippen LogP contribution in [0.1, 0.15) is 63.5 Å². The summed E-state index contributed by atoms with van der Waals surface area (Å²) in [4.78, 5) is 12.2. The van der Waals surface area contributed by atoms with Crippen LogP contribution in [-0.2, 0) is 4.79 Å². The average molecular weight is 362 g/mol. The van der Waals surface area contributed by atoms with Crippen LogP contribution in [0.4, 0.5) is 0 Å². The van der Waals surface area contributed by atoms with Crippen LogP contribution < -0.4 is 5.32 Å². The lowest BCUT2D eigenvalue weighted by molar-refractivity contribution is -0.175. The second kappa shape index (κ2) is 6.28. The first kappa shape index (κ1) is 17.4. The second-order valence-corrected chi connectivity index (χ2v) is 9.44. The minimum Gasteiger partial charge on any atom is -0.389 e. The number of carbonyl (C=O) groups excluding carboxylic acids is 1. The molecule has 4 bridgehead atoms. The molecule has 4 aliphatic rings. The molecule has 0 aromatic heterocycles. The molecule has 0 radical (unpaired) electrons. The van der Waals surface area contributed by atoms with E-state index in [9.17, 15) is 9.90 Å². The molecule has 0 spiro atoms. The summed E-state index contributed by atoms with van der Waals surface area (Å²) >= 11 is 6.84. The third kappa shape index (κ3) is 3.10. The monoisotopic (exact) mass is 361 g/mol. The Bertz CT molecular complexity index is 651. The zero-order valence-electron chi connectivity index (χ0n) is 14.9. The van der Waals surface area contributed by atoms with E-state index < -0.39 is 5.60 Å². The van der Waals surface area contributed by atoms with Gasteiger partial charge in [0.15, 0.2) is 0 Å². The Kier molecular flexibility index (Phi) is 4.36. The Morgan fingerprint density at radius 1 is 1.32 bits per heavy atom. The topological polar surface area (TPSA) is 49.3 Å². The van der Waals surface area contributed by atoms with E-state index >= 15 is 0 Å². The molecule has 5 rings (SSSR count). The summed E-state index contributed by atoms with van der Waals surface area (Å²) in [6.45, 7) is 2.02. The van der Waals surface area contributed by atoms with Gasteiger partial charge in [-0.05, 0) is 55.9 Å². The van der Waals surface area contributed by atoms with Crippen molar-refractivity contribution in [3.8, 4) is 0 Å². The number of amides is 1. The third-order valence-corrected chi connectivity index (χ3v) is 7.07. The quantitative estimate of drug-likeness (QED) is 0.772. The fraction of sp³-hybridized carbons (Fsp3) is 0.667. The lowest BCUT2D eigenvalue weighted by Crippen LogP contribution is -2.64. The molecule has 25 heavy (non-hydrogen) atoms. The number of alkyl halides is 1. The highest BCUT2D eigenvalue weighted by Crippen LogP contribution is 2.64. The Morgan fingerprint density at radius 2 is 2.08 bits per heavy atom. The summed E-state index contributed by atoms with van der Waals surface area (Å²) in [5.41, 5.74) is 0.340. The Morgan fingerprint density at radius 3 is 2.72 bits per heavy atom. The average Bonchev–Trinajstić information content (AvgIpc) is 2.52. The van der Waals surface area contributed by atoms with Gasteiger partial charge in [0.2, 0.25) is 5.91 Å². The summed E-state index contributed by atoms with van der Waals surface area (Å²) in [5, 5.41) is 14.8. The Hall–Kier alpha value is -1.06. The molecule has 2 N–H and O–H groups in total. The number of halogens is 1. The molecule has 4 aliphatic carbocycles. The maximum absolute atomic E-state index is 12.4. The van der Waals surface area contributed by atoms with Crippen LogP contribution in [0.2, 0.25) is 0 Å². The van der Waals surface area contributed by atoms with Gasteiger partial charge >= 0.3 is 0 Å². The molecule has 1 aromatic carbocycles. The number of aliphatic hydroxyl groups is 1. The SMILES string of the molecule is CCCC(=O)N[C@@H](c1ccccc1)[C@H]1C2CC3C[C@](Cl)(C2)C[C@@]1(O)C3. The zero-order valence-corrected chi connectivity index (χ0v) is 15.6. The first-order valence-electron chi connectivity index (χ1n) is 9.68. The van der Waals surface area contributed by atoms with Gasteiger partial charge in [-0.25, -0.2) is 0 Å². The third-order valence-electron chi connectivity index (χ3n) is 6.62. The van der Waals surface area contributed by atoms with E-state index in [0.29, 0.717) is 24.7 Å². The minimum atomic E-state index is -0.758. The van der Waals surface area contributed by atoms with Crippen molar-refractivity contribution in [2.45, 2.75) is 68.4 Å². The largest absolute Gasteiger partial charge is 0.389 e. The van der Waals surface area contributed by atoms with Crippen molar-refractivity contribution in [2.75, 3.05) is 0 Å². The lowest BCUT2D eigenvalue weighted by atomic mass is 9.47. The van der Waals surface area contributed by atoms with Gasteiger partial charge in [0.25, 0.3) is 0 Å². The molecule has 2 unspecified atom stereocenters. The fourth-order valence-electron chi connectivity index (χ4n) is 6.15. The van der Waals surface area contributed by atoms with Crippen molar-refractivity contribution >= 4 is 17.5 Å². The molecule has 3 nitrogen and oxygen atoms in total. The molecule has 1 aromatic rings. The summed E-state index contributed by atoms with van der Waals surface area (Å²) in [6, 6.07) is 10.0. The van der Waals surface area contributed by atoms with E-state index in [2.05, 4.69) is 17.4 Å². The maximum atomic E-state index is 12.4. The smallest absolute Gasteiger partial charge is 0.220 e. The van der Waals surface area contributed by atoms with Crippen LogP contribution in [-0.4, -0.2) is 21.5 Å². The molecule has 4 saturated carbocycles. The highest BCUT2D eigenvalue weighted by molar-refractivity contribution is 6.24. The number of rotatable bonds is 5. The van der Waals surface area contributed by atoms with E-state index in [-0.39, 0.29) is 22.7 Å². The van der Waals surface area contributed by atoms with Crippen molar-refractivity contribution in [3.63, 3.8) is 0 Å². The van der Waals surface area contributed by atoms with Gasteiger partial charge in [-0.1, -0.05) is 37.3 Å². The number of nitrogens with one attached hydrogen (secondary N) is 1. The van der Waals surface area contributed by atoms with Crippen molar-refractivity contribution < 1.29 is 9.90 Å². The predicted molar refractivity (Wildman–Crippen MR) is 99.3 cm³/mol. The minimum absolute atomic E-state index is 0.0548. The van der Waals surface area contributed by atoms with E-state index in [1.54, 1.807) is 0 Å². The maximum Gasteiger partial charge on any atom is 0.220 e. The summed E-state index contributed by atoms with van der Waals surface area (Å²) in [5.74, 6) is 1.05. The van der Waals surface area contributed by atoms with Gasteiger partial charge in [0, 0.05) is 17.2 Å². The number of hydrogen-bond donors (Lipinski definition) is 2. The highest BCUT2D eigenvalue weighted by atomic mass is 35.5. The van der Waals surface area contributed by atoms with Crippen LogP contribution in [0.3, 0.4) is 0 Å². The van der Waals surface area contributed by atoms with Gasteiger partial charge in [-0.15, -0.1) is 11.6 Å². The molecule has 0 saturated heterocycles. The highest BCUT2D eigenvalue weighted by Gasteiger charge is 2.63. The number of carbonyl (C=O) groups is 1. The van der Waals surface area contributed by atoms with Gasteiger partial charge < -0.3 is 10.4 Å². The second-order valence-electron chi connectivity index (χ2n) is 8.64. The van der Waals surface area contributed by atoms with E-state index in [1.807, 2.05) is 25.1 Å². The molecule has 6 atom stereocenters. The molecule has 136 valence electrons. The molecule has 0 aliphatic heterocycles. The fourth-order valence-corrected chi connectivity index (χ4v) is 6.80. The molecule has 4 heteroatoms. The molecule has 1 amide bonds. The van der Waals surface area contributed by atoms with Gasteiger partial charge in [0.1, 0.15) is 0 Å². The van der Waals surface area contributed by atoms with Crippen molar-refractivity contribution in [1.82, 2.24) is 5.32 Å². The Balaban J connectivity index is 1.68. The van der Waals surface area contributed by atoms with Gasteiger partial charge in [-0.3, -0.25) is 4.79 Å². The van der Waals surface area contributed by atoms with Crippen LogP contribution in [0.15, 0.2) is 30.3 Å². The molecular formula is C21H28ClNO2. The lowest BCUT2D eigenvalue weighted by Gasteiger charge is -2.63. The summed E-state index contributed by atoms with van der Waals surface area (Å²) in [6.07, 6.45) is 5.99. The Labute approximate surface area is 155 Å². The van der Waals surface area contributed by atoms with E-state index in [0.717, 1.165) is 37.7 Å². The van der Waals surface area contributed by atoms with Crippen LogP contribution in [0.5, 0.6) is 0 Å². The van der Waals surface area contributed by atoms with Crippen molar-refractivity contribution in [2.24, 2.45) is 17.8 Å². The standard InChI is InChI=1S/C21H28ClNO2/c1-2-6-17(24)23-19(15-7-4-3-5-8-15)18-16-9-14-10-20(22,12-16)13-21(18,25)11-14/h3-5,7-8,14,16,18-19,25H,2,6,9-13H2,1H3,(H,23,24)/t14?,16?,18-,19+,20+,21+/m1/s1. The van der Waals surface area contributed by atoms with Gasteiger partial charge in [0.05, 0.1) is 11.6 Å². The molecular weight excluding hydrogens is 334 g/mol. The summed E-state index contributed by atoms with van der Waals surface area (Å²) in [7, 11) is 0. The predicted octanol–water partition coefficient (Wildman–Crippen LogP) is 4.19. The number of hydrogen-bond acceptors (Lipinski definition) is 2. The van der Waals surface area contributed by atoms with Crippen LogP contribution in [0.25, 0.3) is 0 Å². The van der Waals surface area contributed by atoms with E-state index in [4.69, 9.17) is 11.6 Å². The number of benzene rings is 1. The van der Waals surface area contributed by atoms with Gasteiger partial charge in [-0.2, -0.15) is 0 Å². The first-order chi connectivity index (χ1) is 11.9. The van der Waals surface area contributed by atoms with Crippen LogP contribution >= 0.6 is 11.6 Å². The van der Waals surface area contributed by atoms with Crippen molar-refractivity contribution in [1.29, 1.82) is 0 Å². The van der Waals surface area contributed by atoms with E-state index in [1.165, 1.54) is 0 Å². The van der Waals surface area contributed by atoms with Crippen molar-refractivity contribution in [3.05, 3.63) is 35.9 Å². The summed E-state index contributed by atoms with van der Waals surface area (Å²) < 4.78 is 0. The normalized spacial score (nSPS) is 40.0. The first-order valence-corrected chi connectivity index (χ1v) is 10.1.